The topological polar surface area (TPSA) is 87.1 Å². The smallest absolute Gasteiger partial charge is 0.406 e. The van der Waals surface area contributed by atoms with E-state index in [2.05, 4.69) is 30.7 Å². The first-order valence-corrected chi connectivity index (χ1v) is 15.5. The third-order valence-corrected chi connectivity index (χ3v) is 11.5. The lowest BCUT2D eigenvalue weighted by atomic mass is 9.50. The monoisotopic (exact) mass is 569 g/mol. The molecule has 0 saturated heterocycles. The largest absolute Gasteiger partial charge is 0.573 e. The fourth-order valence-corrected chi connectivity index (χ4v) is 8.77. The van der Waals surface area contributed by atoms with Crippen LogP contribution < -0.4 is 4.74 Å². The molecule has 0 bridgehead atoms. The number of fused-ring (bicyclic) bond motifs is 5. The number of halogens is 3. The predicted molar refractivity (Wildman–Crippen MR) is 141 cm³/mol. The second-order valence-corrected chi connectivity index (χ2v) is 14.5. The van der Waals surface area contributed by atoms with Crippen LogP contribution in [0.3, 0.4) is 0 Å². The summed E-state index contributed by atoms with van der Waals surface area (Å²) >= 11 is 0. The van der Waals surface area contributed by atoms with E-state index in [1.807, 2.05) is 0 Å². The zero-order valence-corrected chi connectivity index (χ0v) is 23.5. The van der Waals surface area contributed by atoms with Gasteiger partial charge in [-0.15, -0.1) is 13.2 Å². The molecule has 3 saturated carbocycles. The molecule has 0 spiro atoms. The van der Waals surface area contributed by atoms with Crippen LogP contribution >= 0.6 is 0 Å². The molecular weight excluding hydrogens is 531 g/mol. The zero-order valence-electron chi connectivity index (χ0n) is 22.7. The summed E-state index contributed by atoms with van der Waals surface area (Å²) in [4.78, 5) is 0. The van der Waals surface area contributed by atoms with E-state index in [0.29, 0.717) is 24.3 Å². The number of nitrogens with zero attached hydrogens (tertiary/aromatic N) is 1. The van der Waals surface area contributed by atoms with E-state index in [1.54, 1.807) is 0 Å². The second-order valence-electron chi connectivity index (χ2n) is 12.5. The molecule has 0 aromatic heterocycles. The van der Waals surface area contributed by atoms with E-state index in [0.717, 1.165) is 50.5 Å². The first-order chi connectivity index (χ1) is 18.0. The maximum atomic E-state index is 12.8. The minimum Gasteiger partial charge on any atom is -0.406 e. The molecule has 2 N–H and O–H groups in total. The summed E-state index contributed by atoms with van der Waals surface area (Å²) in [6, 6.07) is 5.14. The molecule has 39 heavy (non-hydrogen) atoms. The van der Waals surface area contributed by atoms with Gasteiger partial charge in [0.1, 0.15) is 5.75 Å². The summed E-state index contributed by atoms with van der Waals surface area (Å²) in [6.45, 7) is 4.24. The maximum Gasteiger partial charge on any atom is 0.573 e. The van der Waals surface area contributed by atoms with Crippen LogP contribution in [0, 0.1) is 22.7 Å². The van der Waals surface area contributed by atoms with Crippen molar-refractivity contribution in [3.8, 4) is 5.75 Å². The lowest BCUT2D eigenvalue weighted by Crippen LogP contribution is -2.56. The van der Waals surface area contributed by atoms with Crippen molar-refractivity contribution in [3.63, 3.8) is 0 Å². The summed E-state index contributed by atoms with van der Waals surface area (Å²) in [5.41, 5.74) is 1.39. The molecule has 3 fully saturated rings. The Hall–Kier alpha value is -1.88. The minimum absolute atomic E-state index is 0.00609. The third kappa shape index (κ3) is 5.18. The Balaban J connectivity index is 1.38. The Kier molecular flexibility index (Phi) is 7.05. The summed E-state index contributed by atoms with van der Waals surface area (Å²) in [5, 5.41) is 22.4. The number of rotatable bonds is 6. The van der Waals surface area contributed by atoms with Gasteiger partial charge < -0.3 is 14.9 Å². The Bertz CT molecular complexity index is 1280. The van der Waals surface area contributed by atoms with E-state index in [4.69, 9.17) is 0 Å². The molecule has 4 aliphatic rings. The van der Waals surface area contributed by atoms with Crippen molar-refractivity contribution in [2.24, 2.45) is 22.7 Å². The van der Waals surface area contributed by atoms with Gasteiger partial charge in [-0.2, -0.15) is 4.31 Å². The summed E-state index contributed by atoms with van der Waals surface area (Å²) in [5.74, 6) is 0.106. The van der Waals surface area contributed by atoms with Crippen LogP contribution in [0.15, 0.2) is 47.6 Å². The molecule has 6 unspecified atom stereocenters. The average Bonchev–Trinajstić information content (AvgIpc) is 3.09. The minimum atomic E-state index is -4.81. The summed E-state index contributed by atoms with van der Waals surface area (Å²) < 4.78 is 68.4. The first-order valence-electron chi connectivity index (χ1n) is 13.7. The van der Waals surface area contributed by atoms with Crippen LogP contribution in [-0.4, -0.2) is 53.8 Å². The fraction of sp³-hybridized carbons (Fsp3) is 0.655. The summed E-state index contributed by atoms with van der Waals surface area (Å²) in [7, 11) is -3.73. The molecule has 6 nitrogen and oxygen atoms in total. The van der Waals surface area contributed by atoms with Crippen molar-refractivity contribution in [3.05, 3.63) is 53.1 Å². The van der Waals surface area contributed by atoms with E-state index >= 15 is 0 Å². The van der Waals surface area contributed by atoms with Gasteiger partial charge in [-0.1, -0.05) is 49.3 Å². The third-order valence-electron chi connectivity index (χ3n) is 10.3. The lowest BCUT2D eigenvalue weighted by Gasteiger charge is -2.56. The number of sulfonamides is 1. The molecule has 1 aromatic carbocycles. The number of aliphatic hydroxyl groups excluding tert-OH is 1. The molecule has 0 radical (unpaired) electrons. The van der Waals surface area contributed by atoms with Crippen LogP contribution in [0.4, 0.5) is 13.2 Å². The number of hydrogen-bond acceptors (Lipinski definition) is 5. The fourth-order valence-electron chi connectivity index (χ4n) is 7.94. The van der Waals surface area contributed by atoms with Crippen LogP contribution in [0.25, 0.3) is 0 Å². The number of allylic oxidation sites excluding steroid dienone is 3. The number of ether oxygens (including phenoxy) is 1. The van der Waals surface area contributed by atoms with Gasteiger partial charge >= 0.3 is 6.36 Å². The molecule has 0 aliphatic heterocycles. The number of hydrogen-bond donors (Lipinski definition) is 2. The van der Waals surface area contributed by atoms with Crippen LogP contribution in [0.2, 0.25) is 0 Å². The normalized spacial score (nSPS) is 36.5. The predicted octanol–water partition coefficient (Wildman–Crippen LogP) is 5.32. The molecule has 10 heteroatoms. The van der Waals surface area contributed by atoms with Gasteiger partial charge in [0, 0.05) is 18.5 Å². The lowest BCUT2D eigenvalue weighted by molar-refractivity contribution is -0.274. The summed E-state index contributed by atoms with van der Waals surface area (Å²) in [6.07, 6.45) is 5.68. The van der Waals surface area contributed by atoms with E-state index < -0.39 is 27.4 Å². The Morgan fingerprint density at radius 3 is 2.33 bits per heavy atom. The van der Waals surface area contributed by atoms with Gasteiger partial charge in [0.05, 0.1) is 18.0 Å². The van der Waals surface area contributed by atoms with Crippen molar-refractivity contribution in [1.29, 1.82) is 0 Å². The highest BCUT2D eigenvalue weighted by Gasteiger charge is 2.62. The van der Waals surface area contributed by atoms with Crippen molar-refractivity contribution >= 4 is 10.0 Å². The highest BCUT2D eigenvalue weighted by atomic mass is 32.2. The van der Waals surface area contributed by atoms with Crippen molar-refractivity contribution in [2.45, 2.75) is 83.4 Å². The van der Waals surface area contributed by atoms with E-state index in [-0.39, 0.29) is 36.3 Å². The zero-order chi connectivity index (χ0) is 28.4. The average molecular weight is 570 g/mol. The van der Waals surface area contributed by atoms with Crippen LogP contribution in [0.5, 0.6) is 5.75 Å². The van der Waals surface area contributed by atoms with Crippen molar-refractivity contribution in [1.82, 2.24) is 4.31 Å². The molecule has 0 heterocycles. The highest BCUT2D eigenvalue weighted by Crippen LogP contribution is 2.66. The Morgan fingerprint density at radius 2 is 1.69 bits per heavy atom. The number of aliphatic hydroxyl groups is 2. The number of benzene rings is 1. The van der Waals surface area contributed by atoms with Crippen molar-refractivity contribution in [2.75, 3.05) is 12.8 Å². The van der Waals surface area contributed by atoms with Gasteiger partial charge in [0.2, 0.25) is 10.0 Å². The van der Waals surface area contributed by atoms with Crippen LogP contribution in [0.1, 0.15) is 64.4 Å². The molecule has 1 aromatic rings. The molecule has 4 aliphatic carbocycles. The molecule has 0 amide bonds. The SMILES string of the molecule is CC12CCC(O)CC1=CC=C1C2CCC2(C)C1CCC2(O)CN(Cc1ccc(OC(F)(F)F)cc1)S(C)(=O)=O. The van der Waals surface area contributed by atoms with Crippen LogP contribution in [-0.2, 0) is 16.6 Å². The highest BCUT2D eigenvalue weighted by molar-refractivity contribution is 7.88. The standard InChI is InChI=1S/C29H38F3NO5S/c1-26-13-10-21(34)16-20(26)6-9-23-24(26)11-14-27(2)25(23)12-15-28(27,35)18-33(39(3,36)37)17-19-4-7-22(8-5-19)38-29(30,31)32/h4-9,21,24-25,34-35H,10-18H2,1-3H3. The van der Waals surface area contributed by atoms with Gasteiger partial charge in [-0.3, -0.25) is 0 Å². The Morgan fingerprint density at radius 1 is 1.03 bits per heavy atom. The first kappa shape index (κ1) is 28.6. The maximum absolute atomic E-state index is 12.8. The molecule has 6 atom stereocenters. The molecular formula is C29H38F3NO5S. The van der Waals surface area contributed by atoms with Gasteiger partial charge in [-0.25, -0.2) is 8.42 Å². The Labute approximate surface area is 228 Å². The quantitative estimate of drug-likeness (QED) is 0.484. The van der Waals surface area contributed by atoms with E-state index in [9.17, 15) is 31.8 Å². The van der Waals surface area contributed by atoms with Gasteiger partial charge in [0.25, 0.3) is 0 Å². The van der Waals surface area contributed by atoms with Gasteiger partial charge in [0.15, 0.2) is 0 Å². The number of alkyl halides is 3. The van der Waals surface area contributed by atoms with Crippen molar-refractivity contribution < 1.29 is 36.5 Å². The van der Waals surface area contributed by atoms with E-state index in [1.165, 1.54) is 27.6 Å². The van der Waals surface area contributed by atoms with Gasteiger partial charge in [-0.05, 0) is 79.9 Å². The molecule has 5 rings (SSSR count). The second kappa shape index (κ2) is 9.60. The molecule has 216 valence electrons.